The van der Waals surface area contributed by atoms with Crippen molar-refractivity contribution in [2.45, 2.75) is 27.7 Å². The fraction of sp³-hybridized carbons (Fsp3) is 0.350. The molecule has 3 aromatic heterocycles. The van der Waals surface area contributed by atoms with Crippen LogP contribution in [0.5, 0.6) is 0 Å². The number of carbonyl (C=O) groups excluding carboxylic acids is 1. The minimum Gasteiger partial charge on any atom is -0.368 e. The lowest BCUT2D eigenvalue weighted by Gasteiger charge is -2.11. The van der Waals surface area contributed by atoms with E-state index >= 15 is 0 Å². The summed E-state index contributed by atoms with van der Waals surface area (Å²) >= 11 is 0. The first-order valence-electron chi connectivity index (χ1n) is 9.41. The molecule has 3 N–H and O–H groups in total. The van der Waals surface area contributed by atoms with Crippen LogP contribution in [0.1, 0.15) is 33.1 Å². The van der Waals surface area contributed by atoms with Crippen molar-refractivity contribution in [3.8, 4) is 0 Å². The van der Waals surface area contributed by atoms with Crippen LogP contribution in [0.15, 0.2) is 24.4 Å². The van der Waals surface area contributed by atoms with E-state index in [4.69, 9.17) is 0 Å². The van der Waals surface area contributed by atoms with Gasteiger partial charge in [0.05, 0.1) is 11.3 Å². The number of aromatic nitrogens is 5. The Bertz CT molecular complexity index is 1030. The van der Waals surface area contributed by atoms with Crippen molar-refractivity contribution < 1.29 is 4.79 Å². The number of hydrogen-bond acceptors (Lipinski definition) is 7. The molecule has 0 unspecified atom stereocenters. The van der Waals surface area contributed by atoms with Gasteiger partial charge in [-0.15, -0.1) is 0 Å². The summed E-state index contributed by atoms with van der Waals surface area (Å²) in [6, 6.07) is 5.70. The third-order valence-corrected chi connectivity index (χ3v) is 4.46. The fourth-order valence-corrected chi connectivity index (χ4v) is 3.02. The van der Waals surface area contributed by atoms with E-state index in [0.29, 0.717) is 36.1 Å². The summed E-state index contributed by atoms with van der Waals surface area (Å²) in [5, 5.41) is 13.6. The molecule has 1 amide bonds. The van der Waals surface area contributed by atoms with Crippen molar-refractivity contribution in [1.29, 1.82) is 0 Å². The number of aryl methyl sites for hydroxylation is 4. The SMILES string of the molecule is Cc1ccnc(Nc2cc(NCCNC(=O)c3c(C)nn(C)c3C)nc(C)n2)c1. The van der Waals surface area contributed by atoms with Crippen LogP contribution < -0.4 is 16.0 Å². The Morgan fingerprint density at radius 2 is 1.79 bits per heavy atom. The van der Waals surface area contributed by atoms with Crippen LogP contribution in [0.2, 0.25) is 0 Å². The van der Waals surface area contributed by atoms with Gasteiger partial charge in [-0.25, -0.2) is 15.0 Å². The molecule has 0 aromatic carbocycles. The van der Waals surface area contributed by atoms with E-state index in [2.05, 4.69) is 36.0 Å². The molecule has 9 nitrogen and oxygen atoms in total. The second-order valence-electron chi connectivity index (χ2n) is 6.88. The Balaban J connectivity index is 1.57. The predicted molar refractivity (Wildman–Crippen MR) is 113 cm³/mol. The molecule has 0 bridgehead atoms. The van der Waals surface area contributed by atoms with Gasteiger partial charge in [-0.2, -0.15) is 5.10 Å². The van der Waals surface area contributed by atoms with E-state index in [-0.39, 0.29) is 5.91 Å². The minimum atomic E-state index is -0.123. The van der Waals surface area contributed by atoms with Gasteiger partial charge in [0.15, 0.2) is 0 Å². The largest absolute Gasteiger partial charge is 0.368 e. The second kappa shape index (κ2) is 8.68. The van der Waals surface area contributed by atoms with Crippen molar-refractivity contribution in [2.24, 2.45) is 7.05 Å². The zero-order valence-corrected chi connectivity index (χ0v) is 17.4. The summed E-state index contributed by atoms with van der Waals surface area (Å²) in [5.74, 6) is 2.57. The molecule has 0 atom stereocenters. The number of nitrogens with one attached hydrogen (secondary N) is 3. The van der Waals surface area contributed by atoms with Crippen molar-refractivity contribution >= 4 is 23.4 Å². The first-order chi connectivity index (χ1) is 13.8. The van der Waals surface area contributed by atoms with Crippen molar-refractivity contribution in [2.75, 3.05) is 23.7 Å². The standard InChI is InChI=1S/C20H26N8O/c1-12-6-7-21-16(10-12)26-18-11-17(24-15(4)25-18)22-8-9-23-20(29)19-13(2)27-28(5)14(19)3/h6-7,10-11H,8-9H2,1-5H3,(H,23,29)(H2,21,22,24,25,26). The molecule has 0 saturated carbocycles. The summed E-state index contributed by atoms with van der Waals surface area (Å²) in [5.41, 5.74) is 3.31. The molecule has 29 heavy (non-hydrogen) atoms. The highest BCUT2D eigenvalue weighted by Crippen LogP contribution is 2.16. The average molecular weight is 394 g/mol. The van der Waals surface area contributed by atoms with E-state index in [1.807, 2.05) is 52.9 Å². The maximum atomic E-state index is 12.4. The summed E-state index contributed by atoms with van der Waals surface area (Å²) in [6.45, 7) is 8.54. The van der Waals surface area contributed by atoms with Gasteiger partial charge in [0.25, 0.3) is 5.91 Å². The van der Waals surface area contributed by atoms with Gasteiger partial charge in [-0.1, -0.05) is 0 Å². The van der Waals surface area contributed by atoms with Gasteiger partial charge in [0.1, 0.15) is 23.3 Å². The lowest BCUT2D eigenvalue weighted by Crippen LogP contribution is -2.29. The maximum Gasteiger partial charge on any atom is 0.255 e. The summed E-state index contributed by atoms with van der Waals surface area (Å²) in [7, 11) is 1.83. The molecule has 0 radical (unpaired) electrons. The smallest absolute Gasteiger partial charge is 0.255 e. The molecule has 0 fully saturated rings. The lowest BCUT2D eigenvalue weighted by molar-refractivity contribution is 0.0954. The van der Waals surface area contributed by atoms with Gasteiger partial charge in [-0.3, -0.25) is 9.48 Å². The number of hydrogen-bond donors (Lipinski definition) is 3. The number of rotatable bonds is 7. The molecule has 0 aliphatic heterocycles. The van der Waals surface area contributed by atoms with Crippen LogP contribution in [0.25, 0.3) is 0 Å². The highest BCUT2D eigenvalue weighted by Gasteiger charge is 2.16. The van der Waals surface area contributed by atoms with Gasteiger partial charge in [0, 0.05) is 38.1 Å². The fourth-order valence-electron chi connectivity index (χ4n) is 3.02. The van der Waals surface area contributed by atoms with E-state index in [1.165, 1.54) is 0 Å². The Hall–Kier alpha value is -3.49. The van der Waals surface area contributed by atoms with Crippen LogP contribution in [0.4, 0.5) is 17.5 Å². The van der Waals surface area contributed by atoms with Gasteiger partial charge < -0.3 is 16.0 Å². The monoisotopic (exact) mass is 394 g/mol. The highest BCUT2D eigenvalue weighted by molar-refractivity contribution is 5.96. The Labute approximate surface area is 170 Å². The van der Waals surface area contributed by atoms with Crippen LogP contribution in [0.3, 0.4) is 0 Å². The van der Waals surface area contributed by atoms with Gasteiger partial charge in [-0.05, 0) is 45.4 Å². The normalized spacial score (nSPS) is 10.7. The van der Waals surface area contributed by atoms with Crippen LogP contribution >= 0.6 is 0 Å². The topological polar surface area (TPSA) is 110 Å². The van der Waals surface area contributed by atoms with E-state index in [1.54, 1.807) is 10.9 Å². The van der Waals surface area contributed by atoms with Gasteiger partial charge >= 0.3 is 0 Å². The number of nitrogens with zero attached hydrogens (tertiary/aromatic N) is 5. The number of carbonyl (C=O) groups is 1. The van der Waals surface area contributed by atoms with Crippen LogP contribution in [0, 0.1) is 27.7 Å². The lowest BCUT2D eigenvalue weighted by atomic mass is 10.2. The molecule has 3 aromatic rings. The molecular formula is C20H26N8O. The first-order valence-corrected chi connectivity index (χ1v) is 9.41. The zero-order chi connectivity index (χ0) is 21.0. The third-order valence-electron chi connectivity index (χ3n) is 4.46. The van der Waals surface area contributed by atoms with E-state index in [0.717, 1.165) is 22.8 Å². The van der Waals surface area contributed by atoms with Crippen molar-refractivity contribution in [1.82, 2.24) is 30.0 Å². The molecule has 0 aliphatic rings. The molecule has 9 heteroatoms. The second-order valence-corrected chi connectivity index (χ2v) is 6.88. The molecule has 3 rings (SSSR count). The average Bonchev–Trinajstić information content (AvgIpc) is 2.90. The predicted octanol–water partition coefficient (Wildman–Crippen LogP) is 2.42. The summed E-state index contributed by atoms with van der Waals surface area (Å²) in [6.07, 6.45) is 1.75. The van der Waals surface area contributed by atoms with E-state index < -0.39 is 0 Å². The first kappa shape index (κ1) is 20.2. The molecule has 152 valence electrons. The summed E-state index contributed by atoms with van der Waals surface area (Å²) in [4.78, 5) is 25.5. The zero-order valence-electron chi connectivity index (χ0n) is 17.4. The van der Waals surface area contributed by atoms with Crippen LogP contribution in [-0.2, 0) is 7.05 Å². The van der Waals surface area contributed by atoms with E-state index in [9.17, 15) is 4.79 Å². The quantitative estimate of drug-likeness (QED) is 0.528. The number of pyridine rings is 1. The van der Waals surface area contributed by atoms with Crippen LogP contribution in [-0.4, -0.2) is 43.7 Å². The van der Waals surface area contributed by atoms with Crippen molar-refractivity contribution in [3.05, 3.63) is 52.7 Å². The van der Waals surface area contributed by atoms with Gasteiger partial charge in [0.2, 0.25) is 0 Å². The number of amides is 1. The number of anilines is 3. The molecule has 3 heterocycles. The molecular weight excluding hydrogens is 368 g/mol. The highest BCUT2D eigenvalue weighted by atomic mass is 16.1. The molecule has 0 aliphatic carbocycles. The Morgan fingerprint density at radius 1 is 1.03 bits per heavy atom. The summed E-state index contributed by atoms with van der Waals surface area (Å²) < 4.78 is 1.71. The molecule has 0 saturated heterocycles. The maximum absolute atomic E-state index is 12.4. The Morgan fingerprint density at radius 3 is 2.48 bits per heavy atom. The third kappa shape index (κ3) is 5.07. The van der Waals surface area contributed by atoms with Crippen molar-refractivity contribution in [3.63, 3.8) is 0 Å². The molecule has 0 spiro atoms. The Kier molecular flexibility index (Phi) is 6.06. The minimum absolute atomic E-state index is 0.123.